The second-order valence-corrected chi connectivity index (χ2v) is 5.85. The molecule has 6 heteroatoms. The predicted molar refractivity (Wildman–Crippen MR) is 86.0 cm³/mol. The van der Waals surface area contributed by atoms with Crippen LogP contribution in [0.4, 0.5) is 18.9 Å². The molecule has 2 aromatic rings. The lowest BCUT2D eigenvalue weighted by Gasteiger charge is -2.14. The number of hydrogen-bond acceptors (Lipinski definition) is 2. The third kappa shape index (κ3) is 3.59. The van der Waals surface area contributed by atoms with Gasteiger partial charge in [0.05, 0.1) is 0 Å². The van der Waals surface area contributed by atoms with Crippen molar-refractivity contribution in [2.24, 2.45) is 0 Å². The topological polar surface area (TPSA) is 41.1 Å². The third-order valence-electron chi connectivity index (χ3n) is 4.09. The Morgan fingerprint density at radius 2 is 1.88 bits per heavy atom. The summed E-state index contributed by atoms with van der Waals surface area (Å²) >= 11 is 0. The van der Waals surface area contributed by atoms with Gasteiger partial charge in [-0.2, -0.15) is 0 Å². The molecule has 1 heterocycles. The normalized spacial score (nSPS) is 17.0. The molecule has 0 bridgehead atoms. The minimum absolute atomic E-state index is 0.151. The Morgan fingerprint density at radius 3 is 2.54 bits per heavy atom. The van der Waals surface area contributed by atoms with Crippen LogP contribution < -0.4 is 10.6 Å². The van der Waals surface area contributed by atoms with Gasteiger partial charge in [0.1, 0.15) is 0 Å². The van der Waals surface area contributed by atoms with Crippen molar-refractivity contribution >= 4 is 11.6 Å². The highest BCUT2D eigenvalue weighted by molar-refractivity contribution is 5.95. The first kappa shape index (κ1) is 16.5. The largest absolute Gasteiger partial charge is 0.325 e. The molecule has 1 atom stereocenters. The van der Waals surface area contributed by atoms with Crippen LogP contribution in [0.15, 0.2) is 36.4 Å². The highest BCUT2D eigenvalue weighted by Crippen LogP contribution is 2.30. The Hall–Kier alpha value is -2.34. The molecule has 0 saturated carbocycles. The number of rotatable bonds is 4. The van der Waals surface area contributed by atoms with Gasteiger partial charge in [-0.25, -0.2) is 13.2 Å². The molecule has 3 nitrogen and oxygen atoms in total. The van der Waals surface area contributed by atoms with Crippen molar-refractivity contribution in [3.05, 3.63) is 53.8 Å². The molecule has 1 unspecified atom stereocenters. The van der Waals surface area contributed by atoms with Gasteiger partial charge in [-0.05, 0) is 43.1 Å². The Kier molecular flexibility index (Phi) is 4.85. The molecular weight excluding hydrogens is 317 g/mol. The Bertz CT molecular complexity index is 735. The number of nitrogens with one attached hydrogen (secondary N) is 2. The number of halogens is 3. The van der Waals surface area contributed by atoms with Crippen molar-refractivity contribution in [1.82, 2.24) is 5.32 Å². The number of para-hydroxylation sites is 1. The molecule has 126 valence electrons. The van der Waals surface area contributed by atoms with E-state index < -0.39 is 17.5 Å². The summed E-state index contributed by atoms with van der Waals surface area (Å²) in [5, 5.41) is 6.01. The summed E-state index contributed by atoms with van der Waals surface area (Å²) in [6, 6.07) is 8.65. The fraction of sp³-hybridized carbons (Fsp3) is 0.278. The fourth-order valence-electron chi connectivity index (χ4n) is 2.91. The van der Waals surface area contributed by atoms with Crippen LogP contribution in [0, 0.1) is 17.5 Å². The number of carbonyl (C=O) groups is 1. The third-order valence-corrected chi connectivity index (χ3v) is 4.09. The molecule has 2 aromatic carbocycles. The summed E-state index contributed by atoms with van der Waals surface area (Å²) in [6.07, 6.45) is 2.33. The van der Waals surface area contributed by atoms with E-state index in [4.69, 9.17) is 0 Å². The van der Waals surface area contributed by atoms with Crippen LogP contribution in [-0.4, -0.2) is 18.5 Å². The first-order chi connectivity index (χ1) is 11.5. The van der Waals surface area contributed by atoms with Gasteiger partial charge in [-0.3, -0.25) is 4.79 Å². The van der Waals surface area contributed by atoms with E-state index in [9.17, 15) is 18.0 Å². The van der Waals surface area contributed by atoms with Crippen LogP contribution in [0.1, 0.15) is 19.3 Å². The van der Waals surface area contributed by atoms with Crippen LogP contribution in [0.2, 0.25) is 0 Å². The summed E-state index contributed by atoms with van der Waals surface area (Å²) in [6.45, 7) is 0.905. The van der Waals surface area contributed by atoms with E-state index in [2.05, 4.69) is 10.6 Å². The van der Waals surface area contributed by atoms with E-state index in [1.54, 1.807) is 24.3 Å². The SMILES string of the molecule is O=C(CC1CCCN1)Nc1ccccc1-c1cc(F)c(F)c(F)c1. The number of carbonyl (C=O) groups excluding carboxylic acids is 1. The fourth-order valence-corrected chi connectivity index (χ4v) is 2.91. The second-order valence-electron chi connectivity index (χ2n) is 5.85. The maximum absolute atomic E-state index is 13.5. The van der Waals surface area contributed by atoms with Gasteiger partial charge in [0.15, 0.2) is 17.5 Å². The summed E-state index contributed by atoms with van der Waals surface area (Å²) in [4.78, 5) is 12.2. The monoisotopic (exact) mass is 334 g/mol. The van der Waals surface area contributed by atoms with Gasteiger partial charge in [0, 0.05) is 23.7 Å². The molecule has 1 amide bonds. The molecule has 1 aliphatic rings. The van der Waals surface area contributed by atoms with E-state index in [1.165, 1.54) is 0 Å². The average molecular weight is 334 g/mol. The molecule has 3 rings (SSSR count). The molecule has 0 aromatic heterocycles. The lowest BCUT2D eigenvalue weighted by atomic mass is 10.0. The van der Waals surface area contributed by atoms with Crippen LogP contribution in [0.5, 0.6) is 0 Å². The van der Waals surface area contributed by atoms with Gasteiger partial charge in [0.2, 0.25) is 5.91 Å². The van der Waals surface area contributed by atoms with Crippen LogP contribution in [-0.2, 0) is 4.79 Å². The number of hydrogen-bond donors (Lipinski definition) is 2. The molecule has 0 spiro atoms. The highest BCUT2D eigenvalue weighted by Gasteiger charge is 2.19. The van der Waals surface area contributed by atoms with Crippen molar-refractivity contribution in [1.29, 1.82) is 0 Å². The van der Waals surface area contributed by atoms with Crippen molar-refractivity contribution in [3.63, 3.8) is 0 Å². The summed E-state index contributed by atoms with van der Waals surface area (Å²) in [7, 11) is 0. The molecule has 2 N–H and O–H groups in total. The molecule has 24 heavy (non-hydrogen) atoms. The molecule has 1 saturated heterocycles. The quantitative estimate of drug-likeness (QED) is 0.834. The molecule has 1 aliphatic heterocycles. The average Bonchev–Trinajstić information content (AvgIpc) is 3.05. The number of anilines is 1. The molecule has 0 aliphatic carbocycles. The first-order valence-corrected chi connectivity index (χ1v) is 7.82. The minimum Gasteiger partial charge on any atom is -0.325 e. The highest BCUT2D eigenvalue weighted by atomic mass is 19.2. The smallest absolute Gasteiger partial charge is 0.225 e. The minimum atomic E-state index is -1.51. The predicted octanol–water partition coefficient (Wildman–Crippen LogP) is 3.85. The summed E-state index contributed by atoms with van der Waals surface area (Å²) in [5.41, 5.74) is 1.04. The number of amides is 1. The Balaban J connectivity index is 1.84. The van der Waals surface area contributed by atoms with Gasteiger partial charge in [-0.15, -0.1) is 0 Å². The van der Waals surface area contributed by atoms with Gasteiger partial charge in [0.25, 0.3) is 0 Å². The zero-order valence-electron chi connectivity index (χ0n) is 12.9. The number of benzene rings is 2. The lowest BCUT2D eigenvalue weighted by Crippen LogP contribution is -2.27. The molecule has 0 radical (unpaired) electrons. The van der Waals surface area contributed by atoms with Crippen molar-refractivity contribution in [2.75, 3.05) is 11.9 Å². The molecule has 1 fully saturated rings. The van der Waals surface area contributed by atoms with Gasteiger partial charge < -0.3 is 10.6 Å². The van der Waals surface area contributed by atoms with Gasteiger partial charge in [-0.1, -0.05) is 18.2 Å². The molecular formula is C18H17F3N2O. The van der Waals surface area contributed by atoms with E-state index in [-0.39, 0.29) is 17.5 Å². The van der Waals surface area contributed by atoms with Crippen LogP contribution >= 0.6 is 0 Å². The van der Waals surface area contributed by atoms with Crippen molar-refractivity contribution < 1.29 is 18.0 Å². The summed E-state index contributed by atoms with van der Waals surface area (Å²) < 4.78 is 40.1. The Labute approximate surface area is 137 Å². The lowest BCUT2D eigenvalue weighted by molar-refractivity contribution is -0.116. The Morgan fingerprint density at radius 1 is 1.17 bits per heavy atom. The van der Waals surface area contributed by atoms with E-state index >= 15 is 0 Å². The van der Waals surface area contributed by atoms with Crippen LogP contribution in [0.3, 0.4) is 0 Å². The maximum Gasteiger partial charge on any atom is 0.225 e. The standard InChI is InChI=1S/C18H17F3N2O/c19-14-8-11(9-15(20)18(14)21)13-5-1-2-6-16(13)23-17(24)10-12-4-3-7-22-12/h1-2,5-6,8-9,12,22H,3-4,7,10H2,(H,23,24). The summed E-state index contributed by atoms with van der Waals surface area (Å²) in [5.74, 6) is -4.21. The van der Waals surface area contributed by atoms with E-state index in [1.807, 2.05) is 0 Å². The zero-order chi connectivity index (χ0) is 17.1. The van der Waals surface area contributed by atoms with Gasteiger partial charge >= 0.3 is 0 Å². The van der Waals surface area contributed by atoms with Crippen molar-refractivity contribution in [2.45, 2.75) is 25.3 Å². The zero-order valence-corrected chi connectivity index (χ0v) is 12.9. The van der Waals surface area contributed by atoms with E-state index in [0.717, 1.165) is 31.5 Å². The second kappa shape index (κ2) is 7.05. The van der Waals surface area contributed by atoms with Crippen molar-refractivity contribution in [3.8, 4) is 11.1 Å². The first-order valence-electron chi connectivity index (χ1n) is 7.82. The van der Waals surface area contributed by atoms with E-state index in [0.29, 0.717) is 17.7 Å². The maximum atomic E-state index is 13.5. The van der Waals surface area contributed by atoms with Crippen LogP contribution in [0.25, 0.3) is 11.1 Å².